The summed E-state index contributed by atoms with van der Waals surface area (Å²) in [7, 11) is 0. The first-order valence-electron chi connectivity index (χ1n) is 11.3. The lowest BCUT2D eigenvalue weighted by Gasteiger charge is -2.29. The smallest absolute Gasteiger partial charge is 0.204 e. The van der Waals surface area contributed by atoms with Crippen LogP contribution in [0.25, 0.3) is 0 Å². The predicted octanol–water partition coefficient (Wildman–Crippen LogP) is 7.17. The van der Waals surface area contributed by atoms with Crippen molar-refractivity contribution in [3.05, 3.63) is 53.1 Å². The van der Waals surface area contributed by atoms with Gasteiger partial charge >= 0.3 is 0 Å². The first-order valence-corrected chi connectivity index (χ1v) is 11.3. The number of benzene rings is 2. The van der Waals surface area contributed by atoms with Gasteiger partial charge in [0.25, 0.3) is 0 Å². The Hall–Kier alpha value is -2.44. The monoisotopic (exact) mass is 454 g/mol. The largest absolute Gasteiger partial charge is 0.491 e. The van der Waals surface area contributed by atoms with Crippen LogP contribution in [0, 0.1) is 29.2 Å². The standard InChI is InChI=1S/C25H30F4O3/c1-3-5-14-31-20-12-13-21(25(29)24(20)28)32-15-16-6-8-17(9-7-16)18-10-11-19(30-4-2)23(27)22(18)26/h10-13,16-17H,3-9,14-15H2,1-2H3. The predicted molar refractivity (Wildman–Crippen MR) is 114 cm³/mol. The summed E-state index contributed by atoms with van der Waals surface area (Å²) in [6.45, 7) is 4.52. The average Bonchev–Trinajstić information content (AvgIpc) is 2.80. The molecule has 3 rings (SSSR count). The third-order valence-electron chi connectivity index (χ3n) is 5.90. The number of hydrogen-bond donors (Lipinski definition) is 0. The second-order valence-electron chi connectivity index (χ2n) is 8.13. The molecule has 1 aliphatic rings. The van der Waals surface area contributed by atoms with Crippen LogP contribution in [0.5, 0.6) is 17.2 Å². The molecule has 1 aliphatic carbocycles. The lowest BCUT2D eigenvalue weighted by atomic mass is 9.79. The first-order chi connectivity index (χ1) is 15.5. The highest BCUT2D eigenvalue weighted by Gasteiger charge is 2.27. The van der Waals surface area contributed by atoms with Crippen molar-refractivity contribution in [3.63, 3.8) is 0 Å². The molecule has 0 aliphatic heterocycles. The van der Waals surface area contributed by atoms with Gasteiger partial charge in [0.15, 0.2) is 23.1 Å². The van der Waals surface area contributed by atoms with E-state index in [0.717, 1.165) is 25.7 Å². The molecule has 0 spiro atoms. The van der Waals surface area contributed by atoms with Crippen LogP contribution < -0.4 is 14.2 Å². The molecule has 0 aromatic heterocycles. The molecular formula is C25H30F4O3. The minimum absolute atomic E-state index is 0.0770. The normalized spacial score (nSPS) is 18.4. The van der Waals surface area contributed by atoms with Gasteiger partial charge in [0, 0.05) is 0 Å². The van der Waals surface area contributed by atoms with E-state index in [2.05, 4.69) is 0 Å². The van der Waals surface area contributed by atoms with E-state index >= 15 is 0 Å². The topological polar surface area (TPSA) is 27.7 Å². The van der Waals surface area contributed by atoms with Crippen molar-refractivity contribution in [2.45, 2.75) is 58.3 Å². The van der Waals surface area contributed by atoms with Gasteiger partial charge in [-0.25, -0.2) is 4.39 Å². The van der Waals surface area contributed by atoms with E-state index in [0.29, 0.717) is 25.0 Å². The summed E-state index contributed by atoms with van der Waals surface area (Å²) in [6.07, 6.45) is 4.43. The van der Waals surface area contributed by atoms with Gasteiger partial charge in [-0.1, -0.05) is 19.4 Å². The van der Waals surface area contributed by atoms with E-state index < -0.39 is 23.3 Å². The van der Waals surface area contributed by atoms with Crippen molar-refractivity contribution in [1.29, 1.82) is 0 Å². The van der Waals surface area contributed by atoms with Gasteiger partial charge in [0.05, 0.1) is 19.8 Å². The summed E-state index contributed by atoms with van der Waals surface area (Å²) in [6, 6.07) is 5.82. The number of ether oxygens (including phenoxy) is 3. The van der Waals surface area contributed by atoms with Crippen molar-refractivity contribution in [3.8, 4) is 17.2 Å². The van der Waals surface area contributed by atoms with Gasteiger partial charge in [-0.2, -0.15) is 13.2 Å². The number of hydrogen-bond acceptors (Lipinski definition) is 3. The summed E-state index contributed by atoms with van der Waals surface area (Å²) in [5.41, 5.74) is 0.358. The third kappa shape index (κ3) is 5.67. The molecule has 3 nitrogen and oxygen atoms in total. The molecular weight excluding hydrogens is 424 g/mol. The lowest BCUT2D eigenvalue weighted by molar-refractivity contribution is 0.190. The van der Waals surface area contributed by atoms with Crippen LogP contribution in [0.4, 0.5) is 17.6 Å². The van der Waals surface area contributed by atoms with Gasteiger partial charge in [-0.05, 0) is 74.6 Å². The number of unbranched alkanes of at least 4 members (excludes halogenated alkanes) is 1. The summed E-state index contributed by atoms with van der Waals surface area (Å²) in [5, 5.41) is 0. The van der Waals surface area contributed by atoms with Gasteiger partial charge in [0.2, 0.25) is 17.5 Å². The molecule has 32 heavy (non-hydrogen) atoms. The molecule has 0 heterocycles. The molecule has 2 aromatic rings. The minimum Gasteiger partial charge on any atom is -0.491 e. The molecule has 0 unspecified atom stereocenters. The highest BCUT2D eigenvalue weighted by molar-refractivity contribution is 5.35. The Morgan fingerprint density at radius 1 is 0.719 bits per heavy atom. The number of halogens is 4. The maximum Gasteiger partial charge on any atom is 0.204 e. The lowest BCUT2D eigenvalue weighted by Crippen LogP contribution is -2.20. The molecule has 176 valence electrons. The molecule has 0 radical (unpaired) electrons. The zero-order chi connectivity index (χ0) is 23.1. The molecule has 0 saturated heterocycles. The van der Waals surface area contributed by atoms with Crippen molar-refractivity contribution in [1.82, 2.24) is 0 Å². The molecule has 0 N–H and O–H groups in total. The highest BCUT2D eigenvalue weighted by Crippen LogP contribution is 2.39. The molecule has 1 fully saturated rings. The Balaban J connectivity index is 1.54. The van der Waals surface area contributed by atoms with E-state index in [1.54, 1.807) is 13.0 Å². The van der Waals surface area contributed by atoms with Gasteiger partial charge < -0.3 is 14.2 Å². The maximum absolute atomic E-state index is 14.5. The van der Waals surface area contributed by atoms with Crippen molar-refractivity contribution >= 4 is 0 Å². The van der Waals surface area contributed by atoms with Crippen LogP contribution in [0.15, 0.2) is 24.3 Å². The Morgan fingerprint density at radius 3 is 1.91 bits per heavy atom. The second kappa shape index (κ2) is 11.4. The average molecular weight is 455 g/mol. The van der Waals surface area contributed by atoms with Crippen LogP contribution in [0.3, 0.4) is 0 Å². The molecule has 2 aromatic carbocycles. The van der Waals surface area contributed by atoms with Crippen molar-refractivity contribution < 1.29 is 31.8 Å². The number of rotatable bonds is 10. The fraction of sp³-hybridized carbons (Fsp3) is 0.520. The fourth-order valence-electron chi connectivity index (χ4n) is 4.04. The Kier molecular flexibility index (Phi) is 8.65. The Bertz CT molecular complexity index is 895. The SMILES string of the molecule is CCCCOc1ccc(OCC2CCC(c3ccc(OCC)c(F)c3F)CC2)c(F)c1F. The minimum atomic E-state index is -1.06. The molecule has 0 atom stereocenters. The van der Waals surface area contributed by atoms with Crippen LogP contribution >= 0.6 is 0 Å². The maximum atomic E-state index is 14.5. The summed E-state index contributed by atoms with van der Waals surface area (Å²) in [4.78, 5) is 0. The van der Waals surface area contributed by atoms with Gasteiger partial charge in [-0.15, -0.1) is 0 Å². The zero-order valence-electron chi connectivity index (χ0n) is 18.6. The first kappa shape index (κ1) is 24.2. The van der Waals surface area contributed by atoms with E-state index in [1.807, 2.05) is 6.92 Å². The van der Waals surface area contributed by atoms with Gasteiger partial charge in [-0.3, -0.25) is 0 Å². The molecule has 0 amide bonds. The van der Waals surface area contributed by atoms with Gasteiger partial charge in [0.1, 0.15) is 0 Å². The molecule has 1 saturated carbocycles. The van der Waals surface area contributed by atoms with Crippen molar-refractivity contribution in [2.75, 3.05) is 19.8 Å². The van der Waals surface area contributed by atoms with E-state index in [-0.39, 0.29) is 42.3 Å². The Morgan fingerprint density at radius 2 is 1.28 bits per heavy atom. The van der Waals surface area contributed by atoms with E-state index in [4.69, 9.17) is 14.2 Å². The second-order valence-corrected chi connectivity index (χ2v) is 8.13. The van der Waals surface area contributed by atoms with Crippen LogP contribution in [0.2, 0.25) is 0 Å². The van der Waals surface area contributed by atoms with E-state index in [9.17, 15) is 17.6 Å². The van der Waals surface area contributed by atoms with Crippen molar-refractivity contribution in [2.24, 2.45) is 5.92 Å². The van der Waals surface area contributed by atoms with E-state index in [1.165, 1.54) is 18.2 Å². The molecule has 7 heteroatoms. The van der Waals surface area contributed by atoms with Crippen LogP contribution in [-0.2, 0) is 0 Å². The third-order valence-corrected chi connectivity index (χ3v) is 5.90. The summed E-state index contributed by atoms with van der Waals surface area (Å²) < 4.78 is 73.1. The quantitative estimate of drug-likeness (QED) is 0.281. The zero-order valence-corrected chi connectivity index (χ0v) is 18.6. The Labute approximate surface area is 186 Å². The van der Waals surface area contributed by atoms with Crippen LogP contribution in [-0.4, -0.2) is 19.8 Å². The molecule has 0 bridgehead atoms. The summed E-state index contributed by atoms with van der Waals surface area (Å²) in [5.74, 6) is -4.21. The fourth-order valence-corrected chi connectivity index (χ4v) is 4.04. The van der Waals surface area contributed by atoms with Crippen LogP contribution in [0.1, 0.15) is 63.9 Å². The summed E-state index contributed by atoms with van der Waals surface area (Å²) >= 11 is 0. The highest BCUT2D eigenvalue weighted by atomic mass is 19.2.